The van der Waals surface area contributed by atoms with E-state index in [4.69, 9.17) is 10.5 Å². The number of hydrogen-bond donors (Lipinski definition) is 2. The normalized spacial score (nSPS) is 11.6. The van der Waals surface area contributed by atoms with Gasteiger partial charge in [0.2, 0.25) is 11.8 Å². The summed E-state index contributed by atoms with van der Waals surface area (Å²) in [5, 5.41) is 2.73. The maximum Gasteiger partial charge on any atom is 0.224 e. The number of benzene rings is 2. The Bertz CT molecular complexity index is 732. The first-order valence-electron chi connectivity index (χ1n) is 7.91. The van der Waals surface area contributed by atoms with Crippen LogP contribution in [-0.2, 0) is 22.4 Å². The van der Waals surface area contributed by atoms with Crippen LogP contribution in [0.15, 0.2) is 48.5 Å². The van der Waals surface area contributed by atoms with Crippen LogP contribution in [0.2, 0.25) is 0 Å². The number of ether oxygens (including phenoxy) is 1. The number of hydrogen-bond acceptors (Lipinski definition) is 3. The van der Waals surface area contributed by atoms with E-state index < -0.39 is 11.8 Å². The van der Waals surface area contributed by atoms with E-state index in [0.29, 0.717) is 12.2 Å². The lowest BCUT2D eigenvalue weighted by molar-refractivity contribution is -0.123. The van der Waals surface area contributed by atoms with Crippen molar-refractivity contribution in [2.75, 3.05) is 13.7 Å². The molecule has 3 N–H and O–H groups in total. The molecule has 25 heavy (non-hydrogen) atoms. The number of nitrogens with two attached hydrogens (primary N) is 1. The van der Waals surface area contributed by atoms with Crippen molar-refractivity contribution in [2.24, 2.45) is 11.7 Å². The van der Waals surface area contributed by atoms with Crippen LogP contribution in [0, 0.1) is 11.7 Å². The summed E-state index contributed by atoms with van der Waals surface area (Å²) in [6, 6.07) is 13.1. The van der Waals surface area contributed by atoms with Crippen LogP contribution in [-0.4, -0.2) is 25.5 Å². The Labute approximate surface area is 146 Å². The third-order valence-electron chi connectivity index (χ3n) is 3.84. The Hall–Kier alpha value is -2.89. The van der Waals surface area contributed by atoms with Crippen molar-refractivity contribution < 1.29 is 18.7 Å². The van der Waals surface area contributed by atoms with Crippen molar-refractivity contribution in [1.82, 2.24) is 5.32 Å². The van der Waals surface area contributed by atoms with E-state index in [-0.39, 0.29) is 24.7 Å². The van der Waals surface area contributed by atoms with Crippen molar-refractivity contribution in [2.45, 2.75) is 12.8 Å². The minimum absolute atomic E-state index is 0.134. The van der Waals surface area contributed by atoms with Gasteiger partial charge < -0.3 is 15.8 Å². The number of halogens is 1. The van der Waals surface area contributed by atoms with Crippen molar-refractivity contribution in [3.63, 3.8) is 0 Å². The number of primary amides is 1. The number of nitrogens with one attached hydrogen (secondary N) is 1. The highest BCUT2D eigenvalue weighted by Gasteiger charge is 2.17. The second kappa shape index (κ2) is 8.82. The molecular weight excluding hydrogens is 323 g/mol. The summed E-state index contributed by atoms with van der Waals surface area (Å²) in [6.07, 6.45) is 0.522. The molecule has 0 aromatic heterocycles. The van der Waals surface area contributed by atoms with Crippen LogP contribution in [0.1, 0.15) is 11.1 Å². The highest BCUT2D eigenvalue weighted by molar-refractivity contribution is 5.81. The monoisotopic (exact) mass is 344 g/mol. The maximum absolute atomic E-state index is 12.9. The van der Waals surface area contributed by atoms with Crippen molar-refractivity contribution in [3.8, 4) is 5.75 Å². The summed E-state index contributed by atoms with van der Waals surface area (Å²) in [6.45, 7) is 0.134. The molecule has 2 aromatic rings. The molecule has 0 aliphatic rings. The molecule has 5 nitrogen and oxygen atoms in total. The lowest BCUT2D eigenvalue weighted by atomic mass is 9.98. The second-order valence-electron chi connectivity index (χ2n) is 5.76. The van der Waals surface area contributed by atoms with Gasteiger partial charge in [-0.05, 0) is 41.8 Å². The maximum atomic E-state index is 12.9. The van der Waals surface area contributed by atoms with Gasteiger partial charge in [0.25, 0.3) is 0 Å². The lowest BCUT2D eigenvalue weighted by Crippen LogP contribution is -2.37. The van der Waals surface area contributed by atoms with Crippen LogP contribution < -0.4 is 15.8 Å². The summed E-state index contributed by atoms with van der Waals surface area (Å²) in [7, 11) is 1.56. The van der Waals surface area contributed by atoms with E-state index in [1.54, 1.807) is 31.4 Å². The predicted molar refractivity (Wildman–Crippen MR) is 92.5 cm³/mol. The number of rotatable bonds is 8. The highest BCUT2D eigenvalue weighted by Crippen LogP contribution is 2.13. The average Bonchev–Trinajstić information content (AvgIpc) is 2.60. The number of carbonyl (C=O) groups excluding carboxylic acids is 2. The zero-order valence-corrected chi connectivity index (χ0v) is 14.0. The largest absolute Gasteiger partial charge is 0.497 e. The molecule has 2 rings (SSSR count). The fourth-order valence-electron chi connectivity index (χ4n) is 2.45. The third-order valence-corrected chi connectivity index (χ3v) is 3.84. The standard InChI is InChI=1S/C19H21FN2O3/c1-25-17-4-2-3-14(10-17)11-18(23)22-12-15(19(21)24)9-13-5-7-16(20)8-6-13/h2-8,10,15H,9,11-12H2,1H3,(H2,21,24)(H,22,23)/t15-/m1/s1. The van der Waals surface area contributed by atoms with E-state index in [1.807, 2.05) is 12.1 Å². The van der Waals surface area contributed by atoms with Gasteiger partial charge in [-0.2, -0.15) is 0 Å². The molecule has 132 valence electrons. The molecule has 0 aliphatic carbocycles. The zero-order chi connectivity index (χ0) is 18.2. The minimum atomic E-state index is -0.556. The minimum Gasteiger partial charge on any atom is -0.497 e. The number of carbonyl (C=O) groups is 2. The third kappa shape index (κ3) is 5.91. The molecule has 0 unspecified atom stereocenters. The molecule has 2 amide bonds. The topological polar surface area (TPSA) is 81.4 Å². The molecule has 2 aromatic carbocycles. The molecule has 0 bridgehead atoms. The van der Waals surface area contributed by atoms with Crippen molar-refractivity contribution >= 4 is 11.8 Å². The first-order chi connectivity index (χ1) is 12.0. The molecular formula is C19H21FN2O3. The van der Waals surface area contributed by atoms with Gasteiger partial charge in [0.05, 0.1) is 19.4 Å². The molecule has 0 heterocycles. The van der Waals surface area contributed by atoms with Gasteiger partial charge in [-0.1, -0.05) is 24.3 Å². The Morgan fingerprint density at radius 2 is 1.88 bits per heavy atom. The van der Waals surface area contributed by atoms with Crippen LogP contribution >= 0.6 is 0 Å². The zero-order valence-electron chi connectivity index (χ0n) is 14.0. The molecule has 0 spiro atoms. The Kier molecular flexibility index (Phi) is 6.51. The van der Waals surface area contributed by atoms with E-state index in [0.717, 1.165) is 11.1 Å². The van der Waals surface area contributed by atoms with E-state index >= 15 is 0 Å². The molecule has 0 radical (unpaired) electrons. The molecule has 1 atom stereocenters. The predicted octanol–water partition coefficient (Wildman–Crippen LogP) is 1.84. The van der Waals surface area contributed by atoms with Gasteiger partial charge in [-0.3, -0.25) is 9.59 Å². The fraction of sp³-hybridized carbons (Fsp3) is 0.263. The van der Waals surface area contributed by atoms with Gasteiger partial charge in [0, 0.05) is 6.54 Å². The summed E-state index contributed by atoms with van der Waals surface area (Å²) >= 11 is 0. The van der Waals surface area contributed by atoms with Gasteiger partial charge >= 0.3 is 0 Å². The van der Waals surface area contributed by atoms with Gasteiger partial charge in [0.1, 0.15) is 11.6 Å². The summed E-state index contributed by atoms with van der Waals surface area (Å²) in [5.41, 5.74) is 7.01. The van der Waals surface area contributed by atoms with Crippen LogP contribution in [0.25, 0.3) is 0 Å². The highest BCUT2D eigenvalue weighted by atomic mass is 19.1. The average molecular weight is 344 g/mol. The van der Waals surface area contributed by atoms with Crippen molar-refractivity contribution in [3.05, 3.63) is 65.5 Å². The van der Waals surface area contributed by atoms with Crippen LogP contribution in [0.5, 0.6) is 5.75 Å². The van der Waals surface area contributed by atoms with Crippen molar-refractivity contribution in [1.29, 1.82) is 0 Å². The van der Waals surface area contributed by atoms with Crippen LogP contribution in [0.3, 0.4) is 0 Å². The van der Waals surface area contributed by atoms with E-state index in [2.05, 4.69) is 5.32 Å². The lowest BCUT2D eigenvalue weighted by Gasteiger charge is -2.14. The Balaban J connectivity index is 1.90. The SMILES string of the molecule is COc1cccc(CC(=O)NC[C@@H](Cc2ccc(F)cc2)C(N)=O)c1. The second-order valence-corrected chi connectivity index (χ2v) is 5.76. The van der Waals surface area contributed by atoms with Gasteiger partial charge in [-0.15, -0.1) is 0 Å². The Morgan fingerprint density at radius 3 is 2.52 bits per heavy atom. The Morgan fingerprint density at radius 1 is 1.16 bits per heavy atom. The number of methoxy groups -OCH3 is 1. The van der Waals surface area contributed by atoms with Crippen LogP contribution in [0.4, 0.5) is 4.39 Å². The van der Waals surface area contributed by atoms with Gasteiger partial charge in [-0.25, -0.2) is 4.39 Å². The van der Waals surface area contributed by atoms with E-state index in [1.165, 1.54) is 12.1 Å². The fourth-order valence-corrected chi connectivity index (χ4v) is 2.45. The quantitative estimate of drug-likeness (QED) is 0.767. The molecule has 6 heteroatoms. The first kappa shape index (κ1) is 18.4. The first-order valence-corrected chi connectivity index (χ1v) is 7.91. The molecule has 0 fully saturated rings. The molecule has 0 saturated carbocycles. The number of amides is 2. The molecule has 0 saturated heterocycles. The van der Waals surface area contributed by atoms with E-state index in [9.17, 15) is 14.0 Å². The summed E-state index contributed by atoms with van der Waals surface area (Å²) < 4.78 is 18.1. The smallest absolute Gasteiger partial charge is 0.224 e. The molecule has 0 aliphatic heterocycles. The summed E-state index contributed by atoms with van der Waals surface area (Å²) in [4.78, 5) is 23.7. The summed E-state index contributed by atoms with van der Waals surface area (Å²) in [5.74, 6) is -0.938. The van der Waals surface area contributed by atoms with Gasteiger partial charge in [0.15, 0.2) is 0 Å².